The van der Waals surface area contributed by atoms with Crippen molar-refractivity contribution >= 4 is 5.69 Å². The Labute approximate surface area is 130 Å². The molecule has 1 aliphatic heterocycles. The summed E-state index contributed by atoms with van der Waals surface area (Å²) in [7, 11) is 0. The van der Waals surface area contributed by atoms with E-state index in [0.717, 1.165) is 44.0 Å². The Morgan fingerprint density at radius 3 is 2.95 bits per heavy atom. The average Bonchev–Trinajstić information content (AvgIpc) is 2.96. The van der Waals surface area contributed by atoms with Gasteiger partial charge in [0.2, 0.25) is 0 Å². The van der Waals surface area contributed by atoms with Crippen molar-refractivity contribution in [3.63, 3.8) is 0 Å². The van der Waals surface area contributed by atoms with Gasteiger partial charge in [-0.05, 0) is 25.5 Å². The number of aryl methyl sites for hydroxylation is 1. The molecule has 1 aromatic carbocycles. The number of aromatic nitrogens is 2. The third-order valence-electron chi connectivity index (χ3n) is 4.02. The van der Waals surface area contributed by atoms with E-state index in [1.807, 2.05) is 13.0 Å². The van der Waals surface area contributed by atoms with Gasteiger partial charge in [-0.25, -0.2) is 4.98 Å². The molecule has 1 saturated heterocycles. The molecule has 2 N–H and O–H groups in total. The fourth-order valence-electron chi connectivity index (χ4n) is 2.95. The van der Waals surface area contributed by atoms with E-state index in [1.54, 1.807) is 0 Å². The molecule has 116 valence electrons. The second-order valence-corrected chi connectivity index (χ2v) is 5.80. The van der Waals surface area contributed by atoms with E-state index in [0.29, 0.717) is 6.04 Å². The van der Waals surface area contributed by atoms with Gasteiger partial charge in [0.05, 0.1) is 0 Å². The van der Waals surface area contributed by atoms with Crippen molar-refractivity contribution in [1.29, 1.82) is 0 Å². The van der Waals surface area contributed by atoms with Gasteiger partial charge in [-0.3, -0.25) is 4.79 Å². The number of hydrogen-bond acceptors (Lipinski definition) is 4. The third kappa shape index (κ3) is 3.74. The van der Waals surface area contributed by atoms with Crippen molar-refractivity contribution in [2.45, 2.75) is 25.8 Å². The summed E-state index contributed by atoms with van der Waals surface area (Å²) < 4.78 is 0. The third-order valence-corrected chi connectivity index (χ3v) is 4.02. The minimum absolute atomic E-state index is 0.0707. The predicted molar refractivity (Wildman–Crippen MR) is 88.4 cm³/mol. The number of nitrogens with zero attached hydrogens (tertiary/aromatic N) is 2. The molecule has 2 heterocycles. The topological polar surface area (TPSA) is 61.0 Å². The molecule has 1 fully saturated rings. The molecule has 22 heavy (non-hydrogen) atoms. The number of benzene rings is 1. The Hall–Kier alpha value is -2.14. The minimum atomic E-state index is -0.0707. The van der Waals surface area contributed by atoms with E-state index < -0.39 is 0 Å². The molecule has 5 nitrogen and oxygen atoms in total. The Balaban J connectivity index is 1.48. The van der Waals surface area contributed by atoms with Crippen molar-refractivity contribution in [3.8, 4) is 0 Å². The first-order chi connectivity index (χ1) is 10.7. The van der Waals surface area contributed by atoms with Crippen LogP contribution >= 0.6 is 0 Å². The predicted octanol–water partition coefficient (Wildman–Crippen LogP) is 1.49. The zero-order valence-electron chi connectivity index (χ0n) is 12.9. The Kier molecular flexibility index (Phi) is 4.53. The number of aromatic amines is 1. The molecule has 0 bridgehead atoms. The number of para-hydroxylation sites is 1. The number of H-pyrrole nitrogens is 1. The van der Waals surface area contributed by atoms with E-state index in [4.69, 9.17) is 0 Å². The average molecular weight is 298 g/mol. The first kappa shape index (κ1) is 14.8. The zero-order valence-corrected chi connectivity index (χ0v) is 12.9. The van der Waals surface area contributed by atoms with Crippen molar-refractivity contribution in [3.05, 3.63) is 58.3 Å². The molecule has 1 aliphatic rings. The highest BCUT2D eigenvalue weighted by molar-refractivity contribution is 5.47. The number of nitrogens with one attached hydrogen (secondary N) is 2. The lowest BCUT2D eigenvalue weighted by Gasteiger charge is -2.19. The quantitative estimate of drug-likeness (QED) is 0.878. The summed E-state index contributed by atoms with van der Waals surface area (Å²) in [5.41, 5.74) is 1.99. The molecular weight excluding hydrogens is 276 g/mol. The summed E-state index contributed by atoms with van der Waals surface area (Å²) >= 11 is 0. The van der Waals surface area contributed by atoms with Crippen molar-refractivity contribution in [1.82, 2.24) is 15.3 Å². The summed E-state index contributed by atoms with van der Waals surface area (Å²) in [6, 6.07) is 12.5. The van der Waals surface area contributed by atoms with Gasteiger partial charge in [-0.2, -0.15) is 0 Å². The number of hydrogen-bond donors (Lipinski definition) is 2. The minimum Gasteiger partial charge on any atom is -0.370 e. The molecule has 5 heteroatoms. The molecule has 3 rings (SSSR count). The van der Waals surface area contributed by atoms with Crippen LogP contribution in [0.25, 0.3) is 0 Å². The van der Waals surface area contributed by atoms with Crippen LogP contribution in [-0.2, 0) is 6.42 Å². The maximum atomic E-state index is 11.4. The second kappa shape index (κ2) is 6.75. The van der Waals surface area contributed by atoms with Gasteiger partial charge in [-0.15, -0.1) is 0 Å². The van der Waals surface area contributed by atoms with Gasteiger partial charge in [0.25, 0.3) is 5.56 Å². The Morgan fingerprint density at radius 2 is 2.18 bits per heavy atom. The standard InChI is InChI=1S/C17H22N4O/c1-13-11-17(22)20-16(19-13)7-9-18-14-8-10-21(12-14)15-5-3-2-4-6-15/h2-6,11,14,18H,7-10,12H2,1H3,(H,19,20,22)/t14-/m1/s1. The highest BCUT2D eigenvalue weighted by Gasteiger charge is 2.21. The zero-order chi connectivity index (χ0) is 15.4. The molecule has 1 atom stereocenters. The van der Waals surface area contributed by atoms with E-state index >= 15 is 0 Å². The van der Waals surface area contributed by atoms with E-state index in [9.17, 15) is 4.79 Å². The van der Waals surface area contributed by atoms with Crippen molar-refractivity contribution in [2.75, 3.05) is 24.5 Å². The van der Waals surface area contributed by atoms with Crippen LogP contribution < -0.4 is 15.8 Å². The number of rotatable bonds is 5. The SMILES string of the molecule is Cc1cc(=O)[nH]c(CCN[C@@H]2CCN(c3ccccc3)C2)n1. The Morgan fingerprint density at radius 1 is 1.36 bits per heavy atom. The highest BCUT2D eigenvalue weighted by atomic mass is 16.1. The van der Waals surface area contributed by atoms with Crippen LogP contribution in [0.1, 0.15) is 17.9 Å². The van der Waals surface area contributed by atoms with Gasteiger partial charge in [0.15, 0.2) is 0 Å². The van der Waals surface area contributed by atoms with Gasteiger partial charge >= 0.3 is 0 Å². The summed E-state index contributed by atoms with van der Waals surface area (Å²) in [5, 5.41) is 3.57. The summed E-state index contributed by atoms with van der Waals surface area (Å²) in [5.74, 6) is 0.760. The monoisotopic (exact) mass is 298 g/mol. The van der Waals surface area contributed by atoms with Crippen LogP contribution in [0.2, 0.25) is 0 Å². The van der Waals surface area contributed by atoms with Gasteiger partial charge in [-0.1, -0.05) is 18.2 Å². The molecule has 0 radical (unpaired) electrons. The van der Waals surface area contributed by atoms with Crippen LogP contribution in [-0.4, -0.2) is 35.6 Å². The van der Waals surface area contributed by atoms with E-state index in [1.165, 1.54) is 11.8 Å². The Bertz CT molecular complexity index is 668. The normalized spacial score (nSPS) is 17.9. The molecule has 0 saturated carbocycles. The van der Waals surface area contributed by atoms with Crippen LogP contribution in [0.4, 0.5) is 5.69 Å². The molecule has 2 aromatic rings. The van der Waals surface area contributed by atoms with Crippen molar-refractivity contribution < 1.29 is 0 Å². The van der Waals surface area contributed by atoms with Crippen LogP contribution in [0.5, 0.6) is 0 Å². The summed E-state index contributed by atoms with van der Waals surface area (Å²) in [4.78, 5) is 21.0. The maximum Gasteiger partial charge on any atom is 0.251 e. The van der Waals surface area contributed by atoms with Gasteiger partial charge in [0.1, 0.15) is 5.82 Å². The molecule has 0 amide bonds. The van der Waals surface area contributed by atoms with E-state index in [2.05, 4.69) is 44.5 Å². The van der Waals surface area contributed by atoms with Crippen LogP contribution in [0, 0.1) is 6.92 Å². The smallest absolute Gasteiger partial charge is 0.251 e. The number of anilines is 1. The second-order valence-electron chi connectivity index (χ2n) is 5.80. The first-order valence-electron chi connectivity index (χ1n) is 7.81. The summed E-state index contributed by atoms with van der Waals surface area (Å²) in [6.07, 6.45) is 1.89. The fourth-order valence-corrected chi connectivity index (χ4v) is 2.95. The fraction of sp³-hybridized carbons (Fsp3) is 0.412. The van der Waals surface area contributed by atoms with Crippen molar-refractivity contribution in [2.24, 2.45) is 0 Å². The van der Waals surface area contributed by atoms with E-state index in [-0.39, 0.29) is 5.56 Å². The molecule has 0 aliphatic carbocycles. The molecule has 0 unspecified atom stereocenters. The molecular formula is C17H22N4O. The van der Waals surface area contributed by atoms with Crippen LogP contribution in [0.3, 0.4) is 0 Å². The maximum absolute atomic E-state index is 11.4. The molecule has 0 spiro atoms. The lowest BCUT2D eigenvalue weighted by atomic mass is 10.2. The lowest BCUT2D eigenvalue weighted by Crippen LogP contribution is -2.34. The largest absolute Gasteiger partial charge is 0.370 e. The summed E-state index contributed by atoms with van der Waals surface area (Å²) in [6.45, 7) is 4.80. The lowest BCUT2D eigenvalue weighted by molar-refractivity contribution is 0.548. The molecule has 1 aromatic heterocycles. The van der Waals surface area contributed by atoms with Gasteiger partial charge in [0, 0.05) is 49.5 Å². The first-order valence-corrected chi connectivity index (χ1v) is 7.81. The van der Waals surface area contributed by atoms with Gasteiger partial charge < -0.3 is 15.2 Å². The van der Waals surface area contributed by atoms with Crippen LogP contribution in [0.15, 0.2) is 41.2 Å². The highest BCUT2D eigenvalue weighted by Crippen LogP contribution is 2.19.